The van der Waals surface area contributed by atoms with Crippen LogP contribution in [-0.4, -0.2) is 17.8 Å². The minimum Gasteiger partial charge on any atom is -0.494 e. The number of H-pyrrole nitrogens is 1. The van der Waals surface area contributed by atoms with E-state index in [1.165, 1.54) is 4.90 Å². The Labute approximate surface area is 169 Å². The number of thioether (sulfide) groups is 1. The summed E-state index contributed by atoms with van der Waals surface area (Å²) in [7, 11) is 0. The van der Waals surface area contributed by atoms with E-state index in [9.17, 15) is 10.1 Å². The number of nitrogens with one attached hydrogen (secondary N) is 1. The van der Waals surface area contributed by atoms with Gasteiger partial charge in [0.1, 0.15) is 5.75 Å². The highest BCUT2D eigenvalue weighted by Gasteiger charge is 2.27. The average Bonchev–Trinajstić information content (AvgIpc) is 2.73. The van der Waals surface area contributed by atoms with Crippen LogP contribution in [0.15, 0.2) is 58.2 Å². The minimum absolute atomic E-state index is 0.0668. The van der Waals surface area contributed by atoms with Gasteiger partial charge in [-0.1, -0.05) is 19.1 Å². The Morgan fingerprint density at radius 1 is 1.18 bits per heavy atom. The number of pyridine rings is 1. The van der Waals surface area contributed by atoms with Gasteiger partial charge in [-0.3, -0.25) is 4.79 Å². The van der Waals surface area contributed by atoms with Crippen molar-refractivity contribution >= 4 is 22.7 Å². The van der Waals surface area contributed by atoms with Gasteiger partial charge in [0.05, 0.1) is 18.1 Å². The number of rotatable bonds is 7. The van der Waals surface area contributed by atoms with Gasteiger partial charge in [-0.25, -0.2) is 0 Å². The average molecular weight is 393 g/mol. The Morgan fingerprint density at radius 3 is 2.57 bits per heavy atom. The number of aromatic nitrogens is 1. The Bertz CT molecular complexity index is 1070. The van der Waals surface area contributed by atoms with Crippen LogP contribution >= 0.6 is 11.8 Å². The molecule has 5 heteroatoms. The fourth-order valence-electron chi connectivity index (χ4n) is 3.16. The van der Waals surface area contributed by atoms with Gasteiger partial charge in [-0.05, 0) is 66.9 Å². The highest BCUT2D eigenvalue weighted by molar-refractivity contribution is 7.98. The number of hydrogen-bond donors (Lipinski definition) is 1. The van der Waals surface area contributed by atoms with Crippen LogP contribution in [0.5, 0.6) is 5.75 Å². The van der Waals surface area contributed by atoms with Gasteiger partial charge < -0.3 is 9.72 Å². The third-order valence-electron chi connectivity index (χ3n) is 5.12. The van der Waals surface area contributed by atoms with Crippen LogP contribution in [0.3, 0.4) is 0 Å². The van der Waals surface area contributed by atoms with E-state index >= 15 is 0 Å². The van der Waals surface area contributed by atoms with Crippen molar-refractivity contribution in [2.45, 2.75) is 37.0 Å². The molecule has 144 valence electrons. The normalized spacial score (nSPS) is 13.1. The van der Waals surface area contributed by atoms with Gasteiger partial charge in [0.2, 0.25) is 0 Å². The lowest BCUT2D eigenvalue weighted by molar-refractivity contribution is 0.285. The Kier molecular flexibility index (Phi) is 6.11. The van der Waals surface area contributed by atoms with E-state index in [1.807, 2.05) is 68.6 Å². The maximum Gasteiger partial charge on any atom is 0.251 e. The number of benzene rings is 2. The van der Waals surface area contributed by atoms with Crippen LogP contribution in [0, 0.1) is 11.3 Å². The van der Waals surface area contributed by atoms with Gasteiger partial charge in [0, 0.05) is 22.4 Å². The SMILES string of the molecule is CCc1cc2ccc(C(C)(C#N)CCOc3ccc(SC)cc3)cc2[nH]c1=O. The Morgan fingerprint density at radius 2 is 1.93 bits per heavy atom. The lowest BCUT2D eigenvalue weighted by Crippen LogP contribution is -2.23. The van der Waals surface area contributed by atoms with Gasteiger partial charge in [0.25, 0.3) is 5.56 Å². The number of aromatic amines is 1. The second-order valence-electron chi connectivity index (χ2n) is 7.00. The van der Waals surface area contributed by atoms with Crippen LogP contribution in [-0.2, 0) is 11.8 Å². The molecule has 2 aromatic carbocycles. The lowest BCUT2D eigenvalue weighted by atomic mass is 9.81. The molecule has 1 heterocycles. The van der Waals surface area contributed by atoms with E-state index in [1.54, 1.807) is 11.8 Å². The van der Waals surface area contributed by atoms with E-state index in [4.69, 9.17) is 4.74 Å². The van der Waals surface area contributed by atoms with Gasteiger partial charge in [-0.2, -0.15) is 5.26 Å². The molecular formula is C23H24N2O2S. The van der Waals surface area contributed by atoms with Crippen LogP contribution in [0.2, 0.25) is 0 Å². The van der Waals surface area contributed by atoms with Crippen molar-refractivity contribution in [1.82, 2.24) is 4.98 Å². The molecule has 28 heavy (non-hydrogen) atoms. The zero-order chi connectivity index (χ0) is 20.1. The molecule has 1 N–H and O–H groups in total. The minimum atomic E-state index is -0.701. The van der Waals surface area contributed by atoms with E-state index in [0.29, 0.717) is 19.4 Å². The lowest BCUT2D eigenvalue weighted by Gasteiger charge is -2.22. The van der Waals surface area contributed by atoms with Crippen molar-refractivity contribution in [3.8, 4) is 11.8 Å². The first-order chi connectivity index (χ1) is 13.5. The molecule has 0 radical (unpaired) electrons. The van der Waals surface area contributed by atoms with E-state index in [2.05, 4.69) is 11.1 Å². The standard InChI is InChI=1S/C23H24N2O2S/c1-4-16-13-17-5-6-18(14-21(17)25-22(16)26)23(2,15-24)11-12-27-19-7-9-20(28-3)10-8-19/h5-10,13-14H,4,11-12H2,1-3H3,(H,25,26). The summed E-state index contributed by atoms with van der Waals surface area (Å²) in [6, 6.07) is 18.1. The topological polar surface area (TPSA) is 65.9 Å². The van der Waals surface area contributed by atoms with E-state index < -0.39 is 5.41 Å². The monoisotopic (exact) mass is 392 g/mol. The number of nitrogens with zero attached hydrogens (tertiary/aromatic N) is 1. The van der Waals surface area contributed by atoms with Crippen molar-refractivity contribution in [2.24, 2.45) is 0 Å². The second kappa shape index (κ2) is 8.53. The van der Waals surface area contributed by atoms with Crippen molar-refractivity contribution in [3.05, 3.63) is 70.0 Å². The molecule has 0 fully saturated rings. The first-order valence-electron chi connectivity index (χ1n) is 9.33. The quantitative estimate of drug-likeness (QED) is 0.571. The fraction of sp³-hybridized carbons (Fsp3) is 0.304. The van der Waals surface area contributed by atoms with Gasteiger partial charge in [0.15, 0.2) is 0 Å². The molecule has 1 aromatic heterocycles. The summed E-state index contributed by atoms with van der Waals surface area (Å²) in [5, 5.41) is 10.8. The molecule has 0 aliphatic rings. The molecule has 1 unspecified atom stereocenters. The van der Waals surface area contributed by atoms with Crippen molar-refractivity contribution < 1.29 is 4.74 Å². The number of ether oxygens (including phenoxy) is 1. The molecule has 0 saturated heterocycles. The molecule has 3 aromatic rings. The Balaban J connectivity index is 1.78. The molecule has 0 saturated carbocycles. The molecule has 0 aliphatic heterocycles. The first kappa shape index (κ1) is 20.0. The predicted octanol–water partition coefficient (Wildman–Crippen LogP) is 5.06. The molecule has 3 rings (SSSR count). The van der Waals surface area contributed by atoms with Gasteiger partial charge >= 0.3 is 0 Å². The predicted molar refractivity (Wildman–Crippen MR) is 115 cm³/mol. The summed E-state index contributed by atoms with van der Waals surface area (Å²) in [6.07, 6.45) is 3.28. The third kappa shape index (κ3) is 4.23. The van der Waals surface area contributed by atoms with Crippen LogP contribution < -0.4 is 10.3 Å². The smallest absolute Gasteiger partial charge is 0.251 e. The van der Waals surface area contributed by atoms with Gasteiger partial charge in [-0.15, -0.1) is 11.8 Å². The van der Waals surface area contributed by atoms with E-state index in [0.717, 1.165) is 27.8 Å². The summed E-state index contributed by atoms with van der Waals surface area (Å²) in [5.41, 5.74) is 1.64. The fourth-order valence-corrected chi connectivity index (χ4v) is 3.57. The van der Waals surface area contributed by atoms with E-state index in [-0.39, 0.29) is 5.56 Å². The molecule has 4 nitrogen and oxygen atoms in total. The summed E-state index contributed by atoms with van der Waals surface area (Å²) in [6.45, 7) is 4.31. The summed E-state index contributed by atoms with van der Waals surface area (Å²) >= 11 is 1.69. The molecule has 0 amide bonds. The first-order valence-corrected chi connectivity index (χ1v) is 10.6. The number of nitriles is 1. The number of fused-ring (bicyclic) bond motifs is 1. The van der Waals surface area contributed by atoms with Crippen LogP contribution in [0.4, 0.5) is 0 Å². The summed E-state index contributed by atoms with van der Waals surface area (Å²) in [5.74, 6) is 0.799. The third-order valence-corrected chi connectivity index (χ3v) is 5.86. The molecular weight excluding hydrogens is 368 g/mol. The molecule has 0 aliphatic carbocycles. The van der Waals surface area contributed by atoms with Crippen LogP contribution in [0.1, 0.15) is 31.4 Å². The summed E-state index contributed by atoms with van der Waals surface area (Å²) in [4.78, 5) is 16.3. The van der Waals surface area contributed by atoms with Crippen LogP contribution in [0.25, 0.3) is 10.9 Å². The zero-order valence-corrected chi connectivity index (χ0v) is 17.2. The summed E-state index contributed by atoms with van der Waals surface area (Å²) < 4.78 is 5.84. The second-order valence-corrected chi connectivity index (χ2v) is 7.88. The molecule has 1 atom stereocenters. The maximum atomic E-state index is 12.1. The molecule has 0 spiro atoms. The van der Waals surface area contributed by atoms with Crippen molar-refractivity contribution in [3.63, 3.8) is 0 Å². The number of aryl methyl sites for hydroxylation is 1. The zero-order valence-electron chi connectivity index (χ0n) is 16.4. The number of hydrogen-bond acceptors (Lipinski definition) is 4. The molecule has 0 bridgehead atoms. The highest BCUT2D eigenvalue weighted by Crippen LogP contribution is 2.29. The van der Waals surface area contributed by atoms with Crippen molar-refractivity contribution in [2.75, 3.05) is 12.9 Å². The maximum absolute atomic E-state index is 12.1. The highest BCUT2D eigenvalue weighted by atomic mass is 32.2. The largest absolute Gasteiger partial charge is 0.494 e. The Hall–Kier alpha value is -2.71. The van der Waals surface area contributed by atoms with Crippen molar-refractivity contribution in [1.29, 1.82) is 5.26 Å².